The molecule has 2 aromatic rings. The van der Waals surface area contributed by atoms with Crippen LogP contribution in [0.4, 0.5) is 5.82 Å². The molecule has 2 aliphatic rings. The molecule has 0 saturated carbocycles. The number of aromatic nitrogens is 2. The minimum atomic E-state index is 0.272. The molecule has 1 saturated heterocycles. The molecule has 1 aromatic carbocycles. The first-order valence-corrected chi connectivity index (χ1v) is 9.21. The van der Waals surface area contributed by atoms with Crippen molar-refractivity contribution >= 4 is 5.82 Å². The van der Waals surface area contributed by atoms with Crippen molar-refractivity contribution in [2.75, 3.05) is 44.6 Å². The number of fused-ring (bicyclic) bond motifs is 1. The largest absolute Gasteiger partial charge is 0.374 e. The van der Waals surface area contributed by atoms with E-state index in [4.69, 9.17) is 4.74 Å². The molecule has 2 unspecified atom stereocenters. The van der Waals surface area contributed by atoms with Crippen LogP contribution in [0.25, 0.3) is 0 Å². The molecule has 0 aliphatic carbocycles. The van der Waals surface area contributed by atoms with Crippen LogP contribution in [-0.2, 0) is 17.8 Å². The molecule has 0 radical (unpaired) electrons. The summed E-state index contributed by atoms with van der Waals surface area (Å²) in [7, 11) is 0. The highest BCUT2D eigenvalue weighted by Gasteiger charge is 2.22. The number of nitrogens with zero attached hydrogens (tertiary/aromatic N) is 3. The van der Waals surface area contributed by atoms with Gasteiger partial charge in [0, 0.05) is 57.8 Å². The number of nitrogens with one attached hydrogen (secondary N) is 2. The van der Waals surface area contributed by atoms with Crippen molar-refractivity contribution in [2.24, 2.45) is 5.92 Å². The van der Waals surface area contributed by atoms with Crippen LogP contribution in [0.15, 0.2) is 42.6 Å². The molecule has 25 heavy (non-hydrogen) atoms. The molecule has 134 valence electrons. The Balaban J connectivity index is 1.19. The van der Waals surface area contributed by atoms with Crippen molar-refractivity contribution in [1.82, 2.24) is 20.0 Å². The first-order chi connectivity index (χ1) is 12.4. The third-order valence-electron chi connectivity index (χ3n) is 5.00. The third-order valence-corrected chi connectivity index (χ3v) is 5.00. The van der Waals surface area contributed by atoms with Crippen LogP contribution in [0.1, 0.15) is 5.56 Å². The van der Waals surface area contributed by atoms with Gasteiger partial charge in [0.15, 0.2) is 0 Å². The second kappa shape index (κ2) is 7.99. The van der Waals surface area contributed by atoms with Crippen LogP contribution in [0, 0.1) is 5.92 Å². The average molecular weight is 341 g/mol. The van der Waals surface area contributed by atoms with Crippen LogP contribution in [0.3, 0.4) is 0 Å². The lowest BCUT2D eigenvalue weighted by Gasteiger charge is -2.33. The molecule has 6 nitrogen and oxygen atoms in total. The summed E-state index contributed by atoms with van der Waals surface area (Å²) in [6.07, 6.45) is 2.13. The average Bonchev–Trinajstić information content (AvgIpc) is 3.11. The van der Waals surface area contributed by atoms with Crippen LogP contribution in [0.5, 0.6) is 0 Å². The molecule has 2 aliphatic heterocycles. The zero-order chi connectivity index (χ0) is 16.9. The van der Waals surface area contributed by atoms with Gasteiger partial charge in [0.25, 0.3) is 0 Å². The minimum absolute atomic E-state index is 0.272. The third kappa shape index (κ3) is 4.39. The van der Waals surface area contributed by atoms with Gasteiger partial charge in [0.05, 0.1) is 18.9 Å². The number of morpholine rings is 1. The quantitative estimate of drug-likeness (QED) is 0.832. The second-order valence-corrected chi connectivity index (χ2v) is 7.02. The Hall–Kier alpha value is -1.89. The number of hydrogen-bond donors (Lipinski definition) is 2. The molecule has 3 heterocycles. The van der Waals surface area contributed by atoms with E-state index in [9.17, 15) is 0 Å². The summed E-state index contributed by atoms with van der Waals surface area (Å²) >= 11 is 0. The van der Waals surface area contributed by atoms with E-state index < -0.39 is 0 Å². The Morgan fingerprint density at radius 2 is 2.08 bits per heavy atom. The van der Waals surface area contributed by atoms with Crippen molar-refractivity contribution in [3.8, 4) is 0 Å². The van der Waals surface area contributed by atoms with E-state index in [0.717, 1.165) is 58.2 Å². The highest BCUT2D eigenvalue weighted by Crippen LogP contribution is 2.16. The smallest absolute Gasteiger partial charge is 0.124 e. The predicted molar refractivity (Wildman–Crippen MR) is 98.5 cm³/mol. The zero-order valence-electron chi connectivity index (χ0n) is 14.6. The topological polar surface area (TPSA) is 54.4 Å². The first kappa shape index (κ1) is 16.6. The van der Waals surface area contributed by atoms with Gasteiger partial charge in [-0.25, -0.2) is 4.68 Å². The normalized spacial score (nSPS) is 23.8. The van der Waals surface area contributed by atoms with Gasteiger partial charge in [0.1, 0.15) is 5.82 Å². The van der Waals surface area contributed by atoms with E-state index in [0.29, 0.717) is 5.92 Å². The summed E-state index contributed by atoms with van der Waals surface area (Å²) < 4.78 is 7.99. The van der Waals surface area contributed by atoms with Crippen LogP contribution < -0.4 is 10.6 Å². The molecule has 0 bridgehead atoms. The van der Waals surface area contributed by atoms with E-state index in [1.54, 1.807) is 0 Å². The van der Waals surface area contributed by atoms with Gasteiger partial charge in [-0.15, -0.1) is 0 Å². The fourth-order valence-corrected chi connectivity index (χ4v) is 3.66. The Kier molecular flexibility index (Phi) is 5.30. The Bertz CT molecular complexity index is 659. The summed E-state index contributed by atoms with van der Waals surface area (Å²) in [5, 5.41) is 11.4. The number of rotatable bonds is 6. The molecule has 1 fully saturated rings. The first-order valence-electron chi connectivity index (χ1n) is 9.21. The lowest BCUT2D eigenvalue weighted by atomic mass is 10.1. The number of anilines is 1. The Morgan fingerprint density at radius 1 is 1.16 bits per heavy atom. The monoisotopic (exact) mass is 341 g/mol. The maximum Gasteiger partial charge on any atom is 0.124 e. The maximum atomic E-state index is 5.94. The maximum absolute atomic E-state index is 5.94. The zero-order valence-corrected chi connectivity index (χ0v) is 14.6. The highest BCUT2D eigenvalue weighted by atomic mass is 16.5. The summed E-state index contributed by atoms with van der Waals surface area (Å²) in [5.74, 6) is 1.69. The van der Waals surface area contributed by atoms with E-state index in [2.05, 4.69) is 55.6 Å². The molecular formula is C19H27N5O. The van der Waals surface area contributed by atoms with Crippen molar-refractivity contribution in [1.29, 1.82) is 0 Å². The molecular weight excluding hydrogens is 314 g/mol. The van der Waals surface area contributed by atoms with Gasteiger partial charge in [-0.2, -0.15) is 5.10 Å². The van der Waals surface area contributed by atoms with Crippen LogP contribution in [-0.4, -0.2) is 60.1 Å². The van der Waals surface area contributed by atoms with Gasteiger partial charge in [-0.05, 0) is 5.56 Å². The molecule has 0 amide bonds. The predicted octanol–water partition coefficient (Wildman–Crippen LogP) is 1.42. The van der Waals surface area contributed by atoms with Crippen LogP contribution >= 0.6 is 0 Å². The lowest BCUT2D eigenvalue weighted by Crippen LogP contribution is -2.47. The molecule has 6 heteroatoms. The van der Waals surface area contributed by atoms with E-state index >= 15 is 0 Å². The molecule has 4 rings (SSSR count). The fourth-order valence-electron chi connectivity index (χ4n) is 3.66. The van der Waals surface area contributed by atoms with Gasteiger partial charge in [-0.1, -0.05) is 30.3 Å². The van der Waals surface area contributed by atoms with E-state index in [1.165, 1.54) is 5.56 Å². The summed E-state index contributed by atoms with van der Waals surface area (Å²) in [4.78, 5) is 2.49. The second-order valence-electron chi connectivity index (χ2n) is 7.02. The lowest BCUT2D eigenvalue weighted by molar-refractivity contribution is -0.0302. The molecule has 2 atom stereocenters. The molecule has 2 N–H and O–H groups in total. The van der Waals surface area contributed by atoms with Gasteiger partial charge in [-0.3, -0.25) is 4.90 Å². The van der Waals surface area contributed by atoms with Gasteiger partial charge >= 0.3 is 0 Å². The van der Waals surface area contributed by atoms with Crippen molar-refractivity contribution < 1.29 is 4.74 Å². The molecule has 1 aromatic heterocycles. The van der Waals surface area contributed by atoms with E-state index in [-0.39, 0.29) is 6.10 Å². The van der Waals surface area contributed by atoms with Crippen molar-refractivity contribution in [3.63, 3.8) is 0 Å². The summed E-state index contributed by atoms with van der Waals surface area (Å²) in [5.41, 5.74) is 1.37. The highest BCUT2D eigenvalue weighted by molar-refractivity contribution is 5.35. The number of hydrogen-bond acceptors (Lipinski definition) is 5. The fraction of sp³-hybridized carbons (Fsp3) is 0.526. The van der Waals surface area contributed by atoms with Gasteiger partial charge < -0.3 is 15.4 Å². The Morgan fingerprint density at radius 3 is 3.00 bits per heavy atom. The molecule has 0 spiro atoms. The van der Waals surface area contributed by atoms with Crippen molar-refractivity contribution in [2.45, 2.75) is 19.2 Å². The minimum Gasteiger partial charge on any atom is -0.374 e. The van der Waals surface area contributed by atoms with Crippen LogP contribution in [0.2, 0.25) is 0 Å². The summed E-state index contributed by atoms with van der Waals surface area (Å²) in [6, 6.07) is 12.7. The SMILES string of the molecule is c1ccc(CN2CCOC(CNCC3CNc4ccnn4C3)C2)cc1. The number of benzene rings is 1. The number of ether oxygens (including phenoxy) is 1. The standard InChI is InChI=1S/C19H27N5O/c1-2-4-16(5-3-1)13-23-8-9-25-18(15-23)12-20-10-17-11-21-19-6-7-22-24(19)14-17/h1-7,17-18,20-21H,8-15H2. The van der Waals surface area contributed by atoms with Crippen molar-refractivity contribution in [3.05, 3.63) is 48.2 Å². The summed E-state index contributed by atoms with van der Waals surface area (Å²) in [6.45, 7) is 7.72. The Labute approximate surface area is 149 Å². The van der Waals surface area contributed by atoms with E-state index in [1.807, 2.05) is 12.3 Å². The van der Waals surface area contributed by atoms with Gasteiger partial charge in [0.2, 0.25) is 0 Å².